The molecule has 1 rings (SSSR count). The molecule has 0 spiro atoms. The van der Waals surface area contributed by atoms with E-state index >= 15 is 0 Å². The van der Waals surface area contributed by atoms with Crippen molar-refractivity contribution in [1.82, 2.24) is 0 Å². The summed E-state index contributed by atoms with van der Waals surface area (Å²) in [5.74, 6) is -0.762. The number of unbranched alkanes of at least 4 members (excludes halogenated alkanes) is 2. The minimum Gasteiger partial charge on any atom is -0.507 e. The summed E-state index contributed by atoms with van der Waals surface area (Å²) in [4.78, 5) is 10.6. The summed E-state index contributed by atoms with van der Waals surface area (Å²) in [6.45, 7) is 2.13. The van der Waals surface area contributed by atoms with E-state index in [-0.39, 0.29) is 12.2 Å². The second-order valence-electron chi connectivity index (χ2n) is 3.95. The molecule has 0 aliphatic rings. The fourth-order valence-electron chi connectivity index (χ4n) is 1.72. The lowest BCUT2D eigenvalue weighted by Crippen LogP contribution is -2.01. The first-order valence-electron chi connectivity index (χ1n) is 6.11. The van der Waals surface area contributed by atoms with E-state index in [4.69, 9.17) is 10.2 Å². The van der Waals surface area contributed by atoms with Crippen LogP contribution in [0, 0.1) is 0 Å². The fraction of sp³-hybridized carbons (Fsp3) is 0.500. The zero-order valence-electron chi connectivity index (χ0n) is 11.0. The standard InChI is InChI=1S/C13H18O3.CH4O/c1-2-3-4-6-10-7-5-8-11(13(10)16)9-12(14)15;1-2/h5,7-8,16H,2-4,6,9H2,1H3,(H,14,15);2H,1H3. The number of carboxylic acids is 1. The van der Waals surface area contributed by atoms with Crippen molar-refractivity contribution in [3.63, 3.8) is 0 Å². The summed E-state index contributed by atoms with van der Waals surface area (Å²) in [5.41, 5.74) is 1.36. The molecular formula is C14H22O4. The van der Waals surface area contributed by atoms with Crippen molar-refractivity contribution in [3.8, 4) is 5.75 Å². The van der Waals surface area contributed by atoms with Gasteiger partial charge in [0.2, 0.25) is 0 Å². The van der Waals surface area contributed by atoms with Gasteiger partial charge in [-0.15, -0.1) is 0 Å². The summed E-state index contributed by atoms with van der Waals surface area (Å²) in [6, 6.07) is 5.32. The molecule has 0 saturated carbocycles. The third-order valence-electron chi connectivity index (χ3n) is 2.59. The molecule has 4 heteroatoms. The number of aliphatic carboxylic acids is 1. The number of para-hydroxylation sites is 1. The van der Waals surface area contributed by atoms with E-state index in [1.165, 1.54) is 0 Å². The van der Waals surface area contributed by atoms with Crippen molar-refractivity contribution in [2.75, 3.05) is 7.11 Å². The van der Waals surface area contributed by atoms with Gasteiger partial charge in [0, 0.05) is 12.7 Å². The van der Waals surface area contributed by atoms with Gasteiger partial charge in [0.25, 0.3) is 0 Å². The molecule has 1 aromatic carbocycles. The Morgan fingerprint density at radius 2 is 1.78 bits per heavy atom. The molecule has 0 fully saturated rings. The zero-order valence-corrected chi connectivity index (χ0v) is 11.0. The highest BCUT2D eigenvalue weighted by molar-refractivity contribution is 5.71. The quantitative estimate of drug-likeness (QED) is 0.681. The SMILES string of the molecule is CCCCCc1cccc(CC(=O)O)c1O.CO. The van der Waals surface area contributed by atoms with Gasteiger partial charge in [-0.05, 0) is 18.4 Å². The Morgan fingerprint density at radius 1 is 1.17 bits per heavy atom. The maximum absolute atomic E-state index is 10.6. The van der Waals surface area contributed by atoms with Crippen LogP contribution in [0.5, 0.6) is 5.75 Å². The van der Waals surface area contributed by atoms with Crippen LogP contribution >= 0.6 is 0 Å². The number of aryl methyl sites for hydroxylation is 1. The molecule has 0 bridgehead atoms. The number of phenolic OH excluding ortho intramolecular Hbond substituents is 1. The van der Waals surface area contributed by atoms with Crippen molar-refractivity contribution >= 4 is 5.97 Å². The summed E-state index contributed by atoms with van der Waals surface area (Å²) < 4.78 is 0. The first kappa shape index (κ1) is 16.4. The lowest BCUT2D eigenvalue weighted by Gasteiger charge is -2.08. The molecular weight excluding hydrogens is 232 g/mol. The number of hydrogen-bond donors (Lipinski definition) is 3. The number of benzene rings is 1. The average molecular weight is 254 g/mol. The fourth-order valence-corrected chi connectivity index (χ4v) is 1.72. The third-order valence-corrected chi connectivity index (χ3v) is 2.59. The Labute approximate surface area is 108 Å². The number of aliphatic hydroxyl groups is 1. The third kappa shape index (κ3) is 5.68. The van der Waals surface area contributed by atoms with E-state index in [0.717, 1.165) is 38.4 Å². The van der Waals surface area contributed by atoms with Gasteiger partial charge in [-0.25, -0.2) is 0 Å². The number of rotatable bonds is 6. The minimum absolute atomic E-state index is 0.118. The van der Waals surface area contributed by atoms with Crippen molar-refractivity contribution < 1.29 is 20.1 Å². The van der Waals surface area contributed by atoms with Gasteiger partial charge >= 0.3 is 5.97 Å². The predicted octanol–water partition coefficient (Wildman–Crippen LogP) is 2.36. The topological polar surface area (TPSA) is 77.8 Å². The molecule has 0 aliphatic heterocycles. The summed E-state index contributed by atoms with van der Waals surface area (Å²) in [7, 11) is 1.00. The van der Waals surface area contributed by atoms with Gasteiger partial charge in [-0.1, -0.05) is 38.0 Å². The van der Waals surface area contributed by atoms with Gasteiger partial charge in [-0.3, -0.25) is 4.79 Å². The molecule has 18 heavy (non-hydrogen) atoms. The van der Waals surface area contributed by atoms with E-state index < -0.39 is 5.97 Å². The van der Waals surface area contributed by atoms with Gasteiger partial charge in [-0.2, -0.15) is 0 Å². The molecule has 0 saturated heterocycles. The van der Waals surface area contributed by atoms with Crippen LogP contribution in [0.3, 0.4) is 0 Å². The lowest BCUT2D eigenvalue weighted by atomic mass is 10.0. The molecule has 1 aromatic rings. The molecule has 0 aliphatic carbocycles. The van der Waals surface area contributed by atoms with Gasteiger partial charge < -0.3 is 15.3 Å². The second-order valence-corrected chi connectivity index (χ2v) is 3.95. The normalized spacial score (nSPS) is 9.50. The van der Waals surface area contributed by atoms with Crippen molar-refractivity contribution in [3.05, 3.63) is 29.3 Å². The highest BCUT2D eigenvalue weighted by atomic mass is 16.4. The number of carboxylic acid groups (broad SMARTS) is 1. The Kier molecular flexibility index (Phi) is 8.66. The minimum atomic E-state index is -0.916. The molecule has 0 aromatic heterocycles. The number of carbonyl (C=O) groups is 1. The highest BCUT2D eigenvalue weighted by Gasteiger charge is 2.09. The summed E-state index contributed by atoms with van der Waals surface area (Å²) in [5, 5.41) is 25.6. The Hall–Kier alpha value is -1.55. The van der Waals surface area contributed by atoms with E-state index in [9.17, 15) is 9.90 Å². The van der Waals surface area contributed by atoms with Crippen LogP contribution in [0.15, 0.2) is 18.2 Å². The molecule has 3 N–H and O–H groups in total. The van der Waals surface area contributed by atoms with Gasteiger partial charge in [0.05, 0.1) is 6.42 Å². The molecule has 0 radical (unpaired) electrons. The summed E-state index contributed by atoms with van der Waals surface area (Å²) in [6.07, 6.45) is 3.99. The van der Waals surface area contributed by atoms with Crippen LogP contribution in [-0.4, -0.2) is 28.4 Å². The van der Waals surface area contributed by atoms with E-state index in [2.05, 4.69) is 6.92 Å². The first-order valence-corrected chi connectivity index (χ1v) is 6.11. The van der Waals surface area contributed by atoms with Crippen LogP contribution in [0.4, 0.5) is 0 Å². The molecule has 0 atom stereocenters. The number of aromatic hydroxyl groups is 1. The first-order chi connectivity index (χ1) is 8.65. The van der Waals surface area contributed by atoms with Crippen molar-refractivity contribution in [2.24, 2.45) is 0 Å². The van der Waals surface area contributed by atoms with Crippen LogP contribution < -0.4 is 0 Å². The highest BCUT2D eigenvalue weighted by Crippen LogP contribution is 2.24. The largest absolute Gasteiger partial charge is 0.507 e. The van der Waals surface area contributed by atoms with Crippen LogP contribution in [0.2, 0.25) is 0 Å². The van der Waals surface area contributed by atoms with Crippen LogP contribution in [-0.2, 0) is 17.6 Å². The molecule has 0 unspecified atom stereocenters. The maximum atomic E-state index is 10.6. The number of aliphatic hydroxyl groups excluding tert-OH is 1. The Bertz CT molecular complexity index is 361. The summed E-state index contributed by atoms with van der Waals surface area (Å²) >= 11 is 0. The van der Waals surface area contributed by atoms with E-state index in [0.29, 0.717) is 5.56 Å². The monoisotopic (exact) mass is 254 g/mol. The smallest absolute Gasteiger partial charge is 0.307 e. The van der Waals surface area contributed by atoms with E-state index in [1.54, 1.807) is 12.1 Å². The molecule has 102 valence electrons. The van der Waals surface area contributed by atoms with Gasteiger partial charge in [0.15, 0.2) is 0 Å². The maximum Gasteiger partial charge on any atom is 0.307 e. The average Bonchev–Trinajstić information content (AvgIpc) is 2.36. The van der Waals surface area contributed by atoms with E-state index in [1.807, 2.05) is 6.07 Å². The predicted molar refractivity (Wildman–Crippen MR) is 70.8 cm³/mol. The van der Waals surface area contributed by atoms with Crippen LogP contribution in [0.25, 0.3) is 0 Å². The molecule has 4 nitrogen and oxygen atoms in total. The van der Waals surface area contributed by atoms with Crippen molar-refractivity contribution in [2.45, 2.75) is 39.0 Å². The Balaban J connectivity index is 0.00000137. The number of phenols is 1. The van der Waals surface area contributed by atoms with Crippen LogP contribution in [0.1, 0.15) is 37.3 Å². The number of hydrogen-bond acceptors (Lipinski definition) is 3. The lowest BCUT2D eigenvalue weighted by molar-refractivity contribution is -0.136. The molecule has 0 heterocycles. The zero-order chi connectivity index (χ0) is 14.0. The second kappa shape index (κ2) is 9.48. The Morgan fingerprint density at radius 3 is 2.33 bits per heavy atom. The van der Waals surface area contributed by atoms with Gasteiger partial charge in [0.1, 0.15) is 5.75 Å². The molecule has 0 amide bonds. The van der Waals surface area contributed by atoms with Crippen molar-refractivity contribution in [1.29, 1.82) is 0 Å².